The normalized spacial score (nSPS) is 20.2. The summed E-state index contributed by atoms with van der Waals surface area (Å²) in [6.07, 6.45) is -0.655. The Morgan fingerprint density at radius 1 is 1.15 bits per heavy atom. The molecule has 2 heterocycles. The van der Waals surface area contributed by atoms with Crippen LogP contribution in [0.4, 0.5) is 23.2 Å². The number of carboxylic acids is 1. The number of anilines is 1. The van der Waals surface area contributed by atoms with Gasteiger partial charge in [-0.2, -0.15) is 13.2 Å². The van der Waals surface area contributed by atoms with Gasteiger partial charge in [-0.3, -0.25) is 9.69 Å². The Labute approximate surface area is 236 Å². The molecular weight excluding hydrogens is 546 g/mol. The monoisotopic (exact) mass is 581 g/mol. The van der Waals surface area contributed by atoms with Crippen LogP contribution in [0.1, 0.15) is 67.9 Å². The lowest BCUT2D eigenvalue weighted by Crippen LogP contribution is -2.43. The number of aromatic carboxylic acids is 1. The summed E-state index contributed by atoms with van der Waals surface area (Å²) in [5.41, 5.74) is -1.57. The maximum Gasteiger partial charge on any atom is 0.421 e. The summed E-state index contributed by atoms with van der Waals surface area (Å²) in [6, 6.07) is 2.04. The molecule has 1 saturated heterocycles. The number of halogens is 4. The van der Waals surface area contributed by atoms with Crippen LogP contribution in [0, 0.1) is 17.7 Å². The average molecular weight is 582 g/mol. The van der Waals surface area contributed by atoms with Crippen molar-refractivity contribution in [1.29, 1.82) is 0 Å². The van der Waals surface area contributed by atoms with Crippen LogP contribution in [-0.2, 0) is 22.3 Å². The molecule has 0 unspecified atom stereocenters. The van der Waals surface area contributed by atoms with Crippen LogP contribution in [0.5, 0.6) is 11.6 Å². The second-order valence-corrected chi connectivity index (χ2v) is 11.0. The molecule has 1 saturated carbocycles. The number of ether oxygens (including phenoxy) is 2. The molecule has 0 bridgehead atoms. The van der Waals surface area contributed by atoms with Crippen LogP contribution in [-0.4, -0.2) is 59.2 Å². The summed E-state index contributed by atoms with van der Waals surface area (Å²) < 4.78 is 67.9. The highest BCUT2D eigenvalue weighted by atomic mass is 19.4. The van der Waals surface area contributed by atoms with Gasteiger partial charge in [-0.15, -0.1) is 0 Å². The number of hydrogen-bond donors (Lipinski definition) is 1. The van der Waals surface area contributed by atoms with Gasteiger partial charge in [-0.25, -0.2) is 14.2 Å². The zero-order chi connectivity index (χ0) is 29.9. The molecular formula is C29H35F4N3O5. The lowest BCUT2D eigenvalue weighted by atomic mass is 9.82. The molecule has 1 amide bonds. The van der Waals surface area contributed by atoms with Gasteiger partial charge in [0.05, 0.1) is 24.5 Å². The predicted octanol–water partition coefficient (Wildman–Crippen LogP) is 6.13. The van der Waals surface area contributed by atoms with Crippen molar-refractivity contribution in [2.45, 2.75) is 65.2 Å². The highest BCUT2D eigenvalue weighted by Gasteiger charge is 2.37. The summed E-state index contributed by atoms with van der Waals surface area (Å²) in [5.74, 6) is -4.40. The maximum atomic E-state index is 15.4. The minimum absolute atomic E-state index is 0.175. The van der Waals surface area contributed by atoms with E-state index in [1.165, 1.54) is 11.1 Å². The zero-order valence-corrected chi connectivity index (χ0v) is 23.3. The van der Waals surface area contributed by atoms with E-state index in [0.717, 1.165) is 31.0 Å². The minimum atomic E-state index is -4.87. The van der Waals surface area contributed by atoms with Crippen molar-refractivity contribution in [2.24, 2.45) is 11.8 Å². The van der Waals surface area contributed by atoms with Crippen molar-refractivity contribution in [3.63, 3.8) is 0 Å². The molecule has 1 aromatic heterocycles. The van der Waals surface area contributed by atoms with Crippen LogP contribution in [0.25, 0.3) is 0 Å². The second-order valence-electron chi connectivity index (χ2n) is 11.0. The number of carboxylic acid groups (broad SMARTS) is 1. The highest BCUT2D eigenvalue weighted by molar-refractivity contribution is 6.03. The molecule has 224 valence electrons. The van der Waals surface area contributed by atoms with Crippen LogP contribution in [0.2, 0.25) is 0 Å². The van der Waals surface area contributed by atoms with Gasteiger partial charge in [0.1, 0.15) is 5.56 Å². The summed E-state index contributed by atoms with van der Waals surface area (Å²) in [7, 11) is 0. The second kappa shape index (κ2) is 12.7. The quantitative estimate of drug-likeness (QED) is 0.375. The van der Waals surface area contributed by atoms with E-state index < -0.39 is 46.8 Å². The molecule has 12 heteroatoms. The third-order valence-corrected chi connectivity index (χ3v) is 7.59. The third kappa shape index (κ3) is 7.34. The van der Waals surface area contributed by atoms with Crippen molar-refractivity contribution >= 4 is 17.6 Å². The van der Waals surface area contributed by atoms with E-state index in [4.69, 9.17) is 9.47 Å². The SMILES string of the molecule is CC1CCC(C(=O)N(c2cc(F)c(Oc3ncc(CN4CCOCC4)cc3C(F)(F)F)cc2C(=O)O)C(C)C)CC1. The third-order valence-electron chi connectivity index (χ3n) is 7.59. The number of carbonyl (C=O) groups excluding carboxylic acids is 1. The van der Waals surface area contributed by atoms with Crippen LogP contribution in [0.15, 0.2) is 24.4 Å². The lowest BCUT2D eigenvalue weighted by molar-refractivity contribution is -0.139. The fraction of sp³-hybridized carbons (Fsp3) is 0.552. The van der Waals surface area contributed by atoms with Gasteiger partial charge in [0.15, 0.2) is 11.6 Å². The Balaban J connectivity index is 1.66. The number of pyridine rings is 1. The molecule has 8 nitrogen and oxygen atoms in total. The number of aromatic nitrogens is 1. The Kier molecular flexibility index (Phi) is 9.53. The molecule has 1 aliphatic carbocycles. The van der Waals surface area contributed by atoms with Crippen molar-refractivity contribution < 1.29 is 41.7 Å². The fourth-order valence-corrected chi connectivity index (χ4v) is 5.33. The summed E-state index contributed by atoms with van der Waals surface area (Å²) in [4.78, 5) is 32.7. The van der Waals surface area contributed by atoms with E-state index in [1.54, 1.807) is 13.8 Å². The molecule has 0 atom stereocenters. The first-order valence-electron chi connectivity index (χ1n) is 13.8. The molecule has 0 spiro atoms. The summed E-state index contributed by atoms with van der Waals surface area (Å²) in [5, 5.41) is 9.96. The molecule has 1 aliphatic heterocycles. The fourth-order valence-electron chi connectivity index (χ4n) is 5.33. The standard InChI is InChI=1S/C29H35F4N3O5/c1-17(2)36(27(37)20-6-4-18(3)5-7-20)24-14-23(30)25(13-21(24)28(38)39)41-26-22(29(31,32)33)12-19(15-34-26)16-35-8-10-40-11-9-35/h12-15,17-18,20H,4-11,16H2,1-3H3,(H,38,39). The zero-order valence-electron chi connectivity index (χ0n) is 23.3. The number of alkyl halides is 3. The number of carbonyl (C=O) groups is 2. The molecule has 0 radical (unpaired) electrons. The topological polar surface area (TPSA) is 92.2 Å². The van der Waals surface area contributed by atoms with E-state index >= 15 is 4.39 Å². The van der Waals surface area contributed by atoms with Gasteiger partial charge in [0.2, 0.25) is 11.8 Å². The van der Waals surface area contributed by atoms with Crippen LogP contribution in [0.3, 0.4) is 0 Å². The van der Waals surface area contributed by atoms with E-state index in [-0.39, 0.29) is 29.6 Å². The van der Waals surface area contributed by atoms with Crippen LogP contribution >= 0.6 is 0 Å². The Morgan fingerprint density at radius 3 is 2.39 bits per heavy atom. The van der Waals surface area contributed by atoms with E-state index in [2.05, 4.69) is 11.9 Å². The van der Waals surface area contributed by atoms with Gasteiger partial charge >= 0.3 is 12.1 Å². The first kappa shape index (κ1) is 30.7. The van der Waals surface area contributed by atoms with E-state index in [1.807, 2.05) is 4.90 Å². The predicted molar refractivity (Wildman–Crippen MR) is 143 cm³/mol. The van der Waals surface area contributed by atoms with Crippen LogP contribution < -0.4 is 9.64 Å². The van der Waals surface area contributed by atoms with Crippen molar-refractivity contribution in [2.75, 3.05) is 31.2 Å². The Morgan fingerprint density at radius 2 is 1.80 bits per heavy atom. The molecule has 2 aliphatic rings. The molecule has 1 aromatic carbocycles. The molecule has 41 heavy (non-hydrogen) atoms. The smallest absolute Gasteiger partial charge is 0.421 e. The molecule has 2 aromatic rings. The summed E-state index contributed by atoms with van der Waals surface area (Å²) in [6.45, 7) is 7.77. The molecule has 2 fully saturated rings. The van der Waals surface area contributed by atoms with Gasteiger partial charge in [-0.1, -0.05) is 6.92 Å². The maximum absolute atomic E-state index is 15.4. The Bertz CT molecular complexity index is 1260. The number of amides is 1. The number of benzene rings is 1. The number of rotatable bonds is 8. The Hall–Kier alpha value is -3.25. The van der Waals surface area contributed by atoms with Crippen molar-refractivity contribution in [3.8, 4) is 11.6 Å². The average Bonchev–Trinajstić information content (AvgIpc) is 2.91. The number of hydrogen-bond acceptors (Lipinski definition) is 6. The van der Waals surface area contributed by atoms with Crippen molar-refractivity contribution in [3.05, 3.63) is 46.9 Å². The van der Waals surface area contributed by atoms with Gasteiger partial charge in [0, 0.05) is 49.9 Å². The minimum Gasteiger partial charge on any atom is -0.478 e. The van der Waals surface area contributed by atoms with Crippen molar-refractivity contribution in [1.82, 2.24) is 9.88 Å². The highest BCUT2D eigenvalue weighted by Crippen LogP contribution is 2.40. The summed E-state index contributed by atoms with van der Waals surface area (Å²) >= 11 is 0. The molecule has 1 N–H and O–H groups in total. The number of morpholine rings is 1. The van der Waals surface area contributed by atoms with Gasteiger partial charge in [0.25, 0.3) is 0 Å². The molecule has 4 rings (SSSR count). The first-order valence-corrected chi connectivity index (χ1v) is 13.8. The largest absolute Gasteiger partial charge is 0.478 e. The lowest BCUT2D eigenvalue weighted by Gasteiger charge is -2.34. The van der Waals surface area contributed by atoms with Gasteiger partial charge in [-0.05, 0) is 57.1 Å². The van der Waals surface area contributed by atoms with E-state index in [9.17, 15) is 27.9 Å². The van der Waals surface area contributed by atoms with E-state index in [0.29, 0.717) is 45.1 Å². The van der Waals surface area contributed by atoms with Gasteiger partial charge < -0.3 is 19.5 Å². The first-order chi connectivity index (χ1) is 19.3. The number of nitrogens with zero attached hydrogens (tertiary/aromatic N) is 3.